The van der Waals surface area contributed by atoms with E-state index in [9.17, 15) is 0 Å². The summed E-state index contributed by atoms with van der Waals surface area (Å²) in [5.41, 5.74) is 6.87. The normalized spacial score (nSPS) is 25.8. The van der Waals surface area contributed by atoms with Crippen LogP contribution in [0.3, 0.4) is 0 Å². The third-order valence-electron chi connectivity index (χ3n) is 4.35. The first-order chi connectivity index (χ1) is 10.1. The molecule has 1 aliphatic rings. The zero-order chi connectivity index (χ0) is 14.9. The molecule has 0 aliphatic heterocycles. The van der Waals surface area contributed by atoms with Gasteiger partial charge in [0.25, 0.3) is 0 Å². The lowest BCUT2D eigenvalue weighted by molar-refractivity contribution is 0.190. The topological polar surface area (TPSA) is 74.2 Å². The number of rotatable bonds is 3. The van der Waals surface area contributed by atoms with Crippen LogP contribution in [-0.2, 0) is 5.54 Å². The van der Waals surface area contributed by atoms with E-state index in [-0.39, 0.29) is 0 Å². The van der Waals surface area contributed by atoms with Crippen LogP contribution < -0.4 is 10.5 Å². The number of hydrogen-bond donors (Lipinski definition) is 1. The second-order valence-corrected chi connectivity index (χ2v) is 5.99. The van der Waals surface area contributed by atoms with E-state index in [2.05, 4.69) is 17.1 Å². The highest BCUT2D eigenvalue weighted by molar-refractivity contribution is 5.56. The van der Waals surface area contributed by atoms with Crippen LogP contribution in [0.5, 0.6) is 5.75 Å². The summed E-state index contributed by atoms with van der Waals surface area (Å²) >= 11 is 0. The highest BCUT2D eigenvalue weighted by Gasteiger charge is 2.37. The highest BCUT2D eigenvalue weighted by Crippen LogP contribution is 2.37. The predicted octanol–water partition coefficient (Wildman–Crippen LogP) is 3.11. The van der Waals surface area contributed by atoms with Gasteiger partial charge in [0.1, 0.15) is 5.75 Å². The molecular weight excluding hydrogens is 266 g/mol. The molecule has 0 bridgehead atoms. The molecule has 2 aromatic rings. The number of benzene rings is 1. The predicted molar refractivity (Wildman–Crippen MR) is 79.8 cm³/mol. The fraction of sp³-hybridized carbons (Fsp3) is 0.500. The van der Waals surface area contributed by atoms with Crippen molar-refractivity contribution in [3.63, 3.8) is 0 Å². The molecule has 1 heterocycles. The molecule has 5 heteroatoms. The third kappa shape index (κ3) is 2.78. The molecule has 1 fully saturated rings. The zero-order valence-electron chi connectivity index (χ0n) is 12.5. The minimum absolute atomic E-state index is 0.476. The minimum Gasteiger partial charge on any atom is -0.497 e. The van der Waals surface area contributed by atoms with Crippen molar-refractivity contribution in [1.82, 2.24) is 10.1 Å². The largest absolute Gasteiger partial charge is 0.497 e. The molecule has 21 heavy (non-hydrogen) atoms. The van der Waals surface area contributed by atoms with Crippen molar-refractivity contribution in [2.45, 2.75) is 38.1 Å². The highest BCUT2D eigenvalue weighted by atomic mass is 16.5. The molecule has 112 valence electrons. The van der Waals surface area contributed by atoms with Crippen LogP contribution in [0.25, 0.3) is 11.4 Å². The maximum Gasteiger partial charge on any atom is 0.247 e. The monoisotopic (exact) mass is 287 g/mol. The summed E-state index contributed by atoms with van der Waals surface area (Å²) in [5, 5.41) is 4.08. The van der Waals surface area contributed by atoms with Crippen LogP contribution >= 0.6 is 0 Å². The lowest BCUT2D eigenvalue weighted by Crippen LogP contribution is -2.40. The van der Waals surface area contributed by atoms with Gasteiger partial charge in [-0.15, -0.1) is 0 Å². The molecule has 0 spiro atoms. The van der Waals surface area contributed by atoms with Crippen LogP contribution in [0.1, 0.15) is 38.5 Å². The van der Waals surface area contributed by atoms with E-state index in [4.69, 9.17) is 15.0 Å². The van der Waals surface area contributed by atoms with Crippen LogP contribution in [0.2, 0.25) is 0 Å². The van der Waals surface area contributed by atoms with Gasteiger partial charge in [0.15, 0.2) is 0 Å². The van der Waals surface area contributed by atoms with Crippen molar-refractivity contribution in [3.05, 3.63) is 30.2 Å². The molecule has 0 unspecified atom stereocenters. The molecule has 0 amide bonds. The third-order valence-corrected chi connectivity index (χ3v) is 4.35. The van der Waals surface area contributed by atoms with Crippen molar-refractivity contribution in [3.8, 4) is 17.1 Å². The minimum atomic E-state index is -0.476. The summed E-state index contributed by atoms with van der Waals surface area (Å²) < 4.78 is 10.7. The van der Waals surface area contributed by atoms with Crippen molar-refractivity contribution in [2.24, 2.45) is 11.7 Å². The molecule has 2 N–H and O–H groups in total. The Morgan fingerprint density at radius 3 is 2.81 bits per heavy atom. The average molecular weight is 287 g/mol. The van der Waals surface area contributed by atoms with Gasteiger partial charge in [-0.1, -0.05) is 24.2 Å². The van der Waals surface area contributed by atoms with Crippen LogP contribution in [0.4, 0.5) is 0 Å². The Morgan fingerprint density at radius 2 is 2.10 bits per heavy atom. The molecular formula is C16H21N3O2. The van der Waals surface area contributed by atoms with E-state index >= 15 is 0 Å². The number of methoxy groups -OCH3 is 1. The van der Waals surface area contributed by atoms with E-state index < -0.39 is 5.54 Å². The average Bonchev–Trinajstić information content (AvgIpc) is 3.01. The summed E-state index contributed by atoms with van der Waals surface area (Å²) in [4.78, 5) is 4.52. The Bertz CT molecular complexity index is 615. The summed E-state index contributed by atoms with van der Waals surface area (Å²) in [6, 6.07) is 7.62. The molecule has 5 nitrogen and oxygen atoms in total. The molecule has 1 aliphatic carbocycles. The van der Waals surface area contributed by atoms with E-state index in [1.807, 2.05) is 24.3 Å². The van der Waals surface area contributed by atoms with Crippen LogP contribution in [-0.4, -0.2) is 17.3 Å². The standard InChI is InChI=1S/C16H21N3O2/c1-11-6-8-16(17,9-7-11)15-18-14(19-21-15)12-4-3-5-13(10-12)20-2/h3-5,10-11H,6-9,17H2,1-2H3. The Labute approximate surface area is 124 Å². The summed E-state index contributed by atoms with van der Waals surface area (Å²) in [6.45, 7) is 2.26. The van der Waals surface area contributed by atoms with Crippen molar-refractivity contribution >= 4 is 0 Å². The van der Waals surface area contributed by atoms with Crippen molar-refractivity contribution in [1.29, 1.82) is 0 Å². The Kier molecular flexibility index (Phi) is 3.68. The first-order valence-corrected chi connectivity index (χ1v) is 7.38. The van der Waals surface area contributed by atoms with Gasteiger partial charge in [-0.05, 0) is 43.7 Å². The zero-order valence-corrected chi connectivity index (χ0v) is 12.5. The molecule has 0 saturated heterocycles. The number of aromatic nitrogens is 2. The van der Waals surface area contributed by atoms with Crippen LogP contribution in [0.15, 0.2) is 28.8 Å². The number of hydrogen-bond acceptors (Lipinski definition) is 5. The first-order valence-electron chi connectivity index (χ1n) is 7.38. The van der Waals surface area contributed by atoms with E-state index in [1.165, 1.54) is 0 Å². The molecule has 1 aromatic heterocycles. The number of nitrogens with two attached hydrogens (primary N) is 1. The molecule has 1 saturated carbocycles. The smallest absolute Gasteiger partial charge is 0.247 e. The second kappa shape index (κ2) is 5.48. The quantitative estimate of drug-likeness (QED) is 0.938. The summed E-state index contributed by atoms with van der Waals surface area (Å²) in [6.07, 6.45) is 4.00. The van der Waals surface area contributed by atoms with E-state index in [0.717, 1.165) is 42.9 Å². The van der Waals surface area contributed by atoms with Gasteiger partial charge in [-0.3, -0.25) is 0 Å². The maximum absolute atomic E-state index is 6.47. The SMILES string of the molecule is COc1cccc(-c2noc(C3(N)CCC(C)CC3)n2)c1. The van der Waals surface area contributed by atoms with E-state index in [0.29, 0.717) is 11.7 Å². The Balaban J connectivity index is 1.86. The van der Waals surface area contributed by atoms with Crippen molar-refractivity contribution < 1.29 is 9.26 Å². The number of nitrogens with zero attached hydrogens (tertiary/aromatic N) is 2. The second-order valence-electron chi connectivity index (χ2n) is 5.99. The van der Waals surface area contributed by atoms with Gasteiger partial charge in [-0.25, -0.2) is 0 Å². The molecule has 1 aromatic carbocycles. The first kappa shape index (κ1) is 14.1. The van der Waals surface area contributed by atoms with Crippen molar-refractivity contribution in [2.75, 3.05) is 7.11 Å². The maximum atomic E-state index is 6.47. The molecule has 0 atom stereocenters. The number of ether oxygens (including phenoxy) is 1. The van der Waals surface area contributed by atoms with Gasteiger partial charge < -0.3 is 15.0 Å². The fourth-order valence-electron chi connectivity index (χ4n) is 2.80. The van der Waals surface area contributed by atoms with Gasteiger partial charge in [0.05, 0.1) is 12.6 Å². The lowest BCUT2D eigenvalue weighted by Gasteiger charge is -2.32. The summed E-state index contributed by atoms with van der Waals surface area (Å²) in [5.74, 6) is 2.61. The molecule has 0 radical (unpaired) electrons. The lowest BCUT2D eigenvalue weighted by atomic mass is 9.78. The Morgan fingerprint density at radius 1 is 1.33 bits per heavy atom. The molecule has 3 rings (SSSR count). The van der Waals surface area contributed by atoms with Gasteiger partial charge >= 0.3 is 0 Å². The van der Waals surface area contributed by atoms with Gasteiger partial charge in [0.2, 0.25) is 11.7 Å². The van der Waals surface area contributed by atoms with Gasteiger partial charge in [-0.2, -0.15) is 4.98 Å². The summed E-state index contributed by atoms with van der Waals surface area (Å²) in [7, 11) is 1.64. The Hall–Kier alpha value is -1.88. The fourth-order valence-corrected chi connectivity index (χ4v) is 2.80. The van der Waals surface area contributed by atoms with E-state index in [1.54, 1.807) is 7.11 Å². The van der Waals surface area contributed by atoms with Crippen LogP contribution in [0, 0.1) is 5.92 Å². The van der Waals surface area contributed by atoms with Gasteiger partial charge in [0, 0.05) is 5.56 Å².